The van der Waals surface area contributed by atoms with Crippen LogP contribution in [-0.2, 0) is 16.0 Å². The molecule has 1 N–H and O–H groups in total. The fourth-order valence-electron chi connectivity index (χ4n) is 5.06. The second-order valence-corrected chi connectivity index (χ2v) is 8.87. The molecule has 5 rings (SSSR count). The molecular weight excluding hydrogens is 426 g/mol. The van der Waals surface area contributed by atoms with Gasteiger partial charge in [0.2, 0.25) is 11.8 Å². The van der Waals surface area contributed by atoms with Crippen LogP contribution in [0.5, 0.6) is 0 Å². The number of benzene rings is 2. The highest BCUT2D eigenvalue weighted by molar-refractivity contribution is 5.88. The Morgan fingerprint density at radius 2 is 1.74 bits per heavy atom. The molecule has 6 heteroatoms. The minimum absolute atomic E-state index is 0.00454. The lowest BCUT2D eigenvalue weighted by molar-refractivity contribution is -0.166. The van der Waals surface area contributed by atoms with E-state index in [9.17, 15) is 14.7 Å². The summed E-state index contributed by atoms with van der Waals surface area (Å²) in [7, 11) is 0. The van der Waals surface area contributed by atoms with Crippen molar-refractivity contribution in [1.29, 1.82) is 0 Å². The van der Waals surface area contributed by atoms with Crippen molar-refractivity contribution >= 4 is 24.0 Å². The molecular formula is C28H27N3O3. The first-order valence-corrected chi connectivity index (χ1v) is 11.6. The van der Waals surface area contributed by atoms with Crippen LogP contribution in [0.25, 0.3) is 12.2 Å². The Bertz CT molecular complexity index is 1180. The van der Waals surface area contributed by atoms with E-state index >= 15 is 0 Å². The number of aliphatic hydroxyl groups is 1. The van der Waals surface area contributed by atoms with Gasteiger partial charge >= 0.3 is 0 Å². The molecule has 2 aliphatic rings. The highest BCUT2D eigenvalue weighted by Crippen LogP contribution is 2.43. The highest BCUT2D eigenvalue weighted by atomic mass is 16.3. The van der Waals surface area contributed by atoms with Crippen molar-refractivity contribution in [2.75, 3.05) is 19.7 Å². The van der Waals surface area contributed by atoms with Crippen LogP contribution in [0.2, 0.25) is 0 Å². The van der Waals surface area contributed by atoms with E-state index in [1.54, 1.807) is 28.3 Å². The summed E-state index contributed by atoms with van der Waals surface area (Å²) in [6, 6.07) is 21.7. The number of rotatable bonds is 6. The van der Waals surface area contributed by atoms with Gasteiger partial charge in [-0.15, -0.1) is 0 Å². The van der Waals surface area contributed by atoms with Crippen LogP contribution in [0.1, 0.15) is 28.2 Å². The summed E-state index contributed by atoms with van der Waals surface area (Å²) in [5.41, 5.74) is 4.13. The maximum atomic E-state index is 12.9. The van der Waals surface area contributed by atoms with Crippen LogP contribution in [0, 0.1) is 0 Å². The maximum Gasteiger partial charge on any atom is 0.242 e. The van der Waals surface area contributed by atoms with Crippen LogP contribution in [-0.4, -0.2) is 63.5 Å². The van der Waals surface area contributed by atoms with Crippen molar-refractivity contribution in [2.45, 2.75) is 24.4 Å². The van der Waals surface area contributed by atoms with E-state index < -0.39 is 0 Å². The van der Waals surface area contributed by atoms with Gasteiger partial charge in [0.05, 0.1) is 31.7 Å². The molecule has 0 bridgehead atoms. The summed E-state index contributed by atoms with van der Waals surface area (Å²) in [5, 5.41) is 10.0. The maximum absolute atomic E-state index is 12.9. The van der Waals surface area contributed by atoms with Gasteiger partial charge in [-0.25, -0.2) is 0 Å². The number of amides is 2. The topological polar surface area (TPSA) is 73.7 Å². The van der Waals surface area contributed by atoms with Crippen LogP contribution >= 0.6 is 0 Å². The normalized spacial score (nSPS) is 21.9. The predicted molar refractivity (Wildman–Crippen MR) is 131 cm³/mol. The van der Waals surface area contributed by atoms with E-state index in [0.717, 1.165) is 22.3 Å². The second kappa shape index (κ2) is 9.61. The fraction of sp³-hybridized carbons (Fsp3) is 0.250. The molecule has 2 fully saturated rings. The number of piperazine rings is 1. The molecule has 2 aliphatic heterocycles. The molecule has 0 radical (unpaired) electrons. The van der Waals surface area contributed by atoms with Crippen molar-refractivity contribution in [3.8, 4) is 0 Å². The average Bonchev–Trinajstić information content (AvgIpc) is 2.86. The Hall–Kier alpha value is -3.77. The lowest BCUT2D eigenvalue weighted by Gasteiger charge is -2.58. The van der Waals surface area contributed by atoms with Gasteiger partial charge in [0.1, 0.15) is 0 Å². The molecule has 3 atom stereocenters. The number of aromatic nitrogens is 1. The summed E-state index contributed by atoms with van der Waals surface area (Å²) >= 11 is 0. The van der Waals surface area contributed by atoms with Gasteiger partial charge in [-0.05, 0) is 28.3 Å². The zero-order chi connectivity index (χ0) is 23.5. The summed E-state index contributed by atoms with van der Waals surface area (Å²) in [4.78, 5) is 33.2. The molecule has 3 heterocycles. The number of carbonyl (C=O) groups is 2. The molecule has 0 unspecified atom stereocenters. The molecule has 0 saturated carbocycles. The third-order valence-electron chi connectivity index (χ3n) is 6.77. The van der Waals surface area contributed by atoms with Crippen LogP contribution in [0.4, 0.5) is 0 Å². The molecule has 2 aromatic carbocycles. The van der Waals surface area contributed by atoms with Gasteiger partial charge in [-0.3, -0.25) is 14.6 Å². The third kappa shape index (κ3) is 4.37. The largest absolute Gasteiger partial charge is 0.394 e. The Balaban J connectivity index is 1.30. The average molecular weight is 454 g/mol. The van der Waals surface area contributed by atoms with Gasteiger partial charge in [-0.2, -0.15) is 0 Å². The molecule has 2 amide bonds. The monoisotopic (exact) mass is 453 g/mol. The van der Waals surface area contributed by atoms with Crippen molar-refractivity contribution < 1.29 is 14.7 Å². The molecule has 1 aromatic heterocycles. The molecule has 0 aliphatic carbocycles. The van der Waals surface area contributed by atoms with Gasteiger partial charge in [0.15, 0.2) is 0 Å². The molecule has 34 heavy (non-hydrogen) atoms. The number of hydrogen-bond donors (Lipinski definition) is 1. The first-order chi connectivity index (χ1) is 16.6. The van der Waals surface area contributed by atoms with E-state index in [1.807, 2.05) is 24.3 Å². The quantitative estimate of drug-likeness (QED) is 0.583. The number of hydrogen-bond acceptors (Lipinski definition) is 4. The SMILES string of the molecule is O=C(Cc1cccnc1)N1CC(=O)N2[C@H](CO)[C@@H](c3ccc(/C=C/c4ccccc4)cc3)[C@H]2C1. The number of pyridine rings is 1. The van der Waals surface area contributed by atoms with Crippen LogP contribution in [0.3, 0.4) is 0 Å². The van der Waals surface area contributed by atoms with Gasteiger partial charge < -0.3 is 14.9 Å². The van der Waals surface area contributed by atoms with Crippen LogP contribution in [0.15, 0.2) is 79.1 Å². The molecule has 6 nitrogen and oxygen atoms in total. The summed E-state index contributed by atoms with van der Waals surface area (Å²) in [5.74, 6) is -0.183. The zero-order valence-corrected chi connectivity index (χ0v) is 18.8. The van der Waals surface area contributed by atoms with Gasteiger partial charge in [0.25, 0.3) is 0 Å². The minimum atomic E-state index is -0.251. The van der Waals surface area contributed by atoms with E-state index in [2.05, 4.69) is 53.5 Å². The molecule has 0 spiro atoms. The fourth-order valence-corrected chi connectivity index (χ4v) is 5.06. The number of carbonyl (C=O) groups excluding carboxylic acids is 2. The second-order valence-electron chi connectivity index (χ2n) is 8.87. The minimum Gasteiger partial charge on any atom is -0.394 e. The smallest absolute Gasteiger partial charge is 0.242 e. The zero-order valence-electron chi connectivity index (χ0n) is 18.8. The lowest BCUT2D eigenvalue weighted by Crippen LogP contribution is -2.73. The van der Waals surface area contributed by atoms with Gasteiger partial charge in [0, 0.05) is 24.9 Å². The Morgan fingerprint density at radius 1 is 1.00 bits per heavy atom. The Labute approximate surface area is 199 Å². The Morgan fingerprint density at radius 3 is 2.41 bits per heavy atom. The third-order valence-corrected chi connectivity index (χ3v) is 6.77. The first kappa shape index (κ1) is 22.0. The number of fused-ring (bicyclic) bond motifs is 1. The molecule has 172 valence electrons. The molecule has 2 saturated heterocycles. The standard InChI is InChI=1S/C28H27N3O3/c32-19-25-28(23-12-10-21(11-13-23)9-8-20-5-2-1-3-6-20)24-17-30(18-27(34)31(24)25)26(33)15-22-7-4-14-29-16-22/h1-14,16,24-25,28,32H,15,17-19H2/b9-8+/t24-,25-,28+/m1/s1. The summed E-state index contributed by atoms with van der Waals surface area (Å²) < 4.78 is 0. The highest BCUT2D eigenvalue weighted by Gasteiger charge is 2.54. The van der Waals surface area contributed by atoms with Crippen molar-refractivity contribution in [3.63, 3.8) is 0 Å². The van der Waals surface area contributed by atoms with E-state index in [-0.39, 0.29) is 49.4 Å². The van der Waals surface area contributed by atoms with Crippen molar-refractivity contribution in [2.24, 2.45) is 0 Å². The van der Waals surface area contributed by atoms with Gasteiger partial charge in [-0.1, -0.05) is 72.8 Å². The van der Waals surface area contributed by atoms with E-state index in [4.69, 9.17) is 0 Å². The summed E-state index contributed by atoms with van der Waals surface area (Å²) in [6.45, 7) is 0.440. The van der Waals surface area contributed by atoms with Crippen molar-refractivity contribution in [3.05, 3.63) is 101 Å². The lowest BCUT2D eigenvalue weighted by atomic mass is 9.73. The first-order valence-electron chi connectivity index (χ1n) is 11.6. The number of nitrogens with zero attached hydrogens (tertiary/aromatic N) is 3. The van der Waals surface area contributed by atoms with Crippen LogP contribution < -0.4 is 0 Å². The Kier molecular flexibility index (Phi) is 6.23. The van der Waals surface area contributed by atoms with E-state index in [0.29, 0.717) is 6.54 Å². The predicted octanol–water partition coefficient (Wildman–Crippen LogP) is 2.99. The summed E-state index contributed by atoms with van der Waals surface area (Å²) in [6.07, 6.45) is 7.72. The number of aliphatic hydroxyl groups excluding tert-OH is 1. The van der Waals surface area contributed by atoms with E-state index in [1.165, 1.54) is 0 Å². The van der Waals surface area contributed by atoms with Crippen molar-refractivity contribution in [1.82, 2.24) is 14.8 Å². The molecule has 3 aromatic rings.